The van der Waals surface area contributed by atoms with E-state index in [4.69, 9.17) is 11.5 Å². The fraction of sp³-hybridized carbons (Fsp3) is 0.469. The summed E-state index contributed by atoms with van der Waals surface area (Å²) in [5, 5.41) is 29.3. The van der Waals surface area contributed by atoms with Crippen LogP contribution in [0.25, 0.3) is 0 Å². The van der Waals surface area contributed by atoms with E-state index in [0.29, 0.717) is 19.4 Å². The molecule has 0 aliphatic rings. The minimum atomic E-state index is -1.18. The van der Waals surface area contributed by atoms with E-state index in [1.165, 1.54) is 12.1 Å². The Morgan fingerprint density at radius 2 is 1.38 bits per heavy atom. The Morgan fingerprint density at radius 3 is 1.98 bits per heavy atom. The topological polar surface area (TPSA) is 226 Å². The van der Waals surface area contributed by atoms with Crippen LogP contribution < -0.4 is 32.7 Å². The van der Waals surface area contributed by atoms with Gasteiger partial charge in [0.05, 0.1) is 12.6 Å². The van der Waals surface area contributed by atoms with Gasteiger partial charge in [0.2, 0.25) is 23.6 Å². The molecule has 4 amide bonds. The molecule has 4 atom stereocenters. The lowest BCUT2D eigenvalue weighted by atomic mass is 10.0. The number of rotatable bonds is 19. The second-order valence-corrected chi connectivity index (χ2v) is 11.4. The summed E-state index contributed by atoms with van der Waals surface area (Å²) in [5.74, 6) is -3.60. The van der Waals surface area contributed by atoms with E-state index in [1.54, 1.807) is 36.4 Å². The molecular formula is C32H46N6O7. The van der Waals surface area contributed by atoms with Gasteiger partial charge < -0.3 is 42.9 Å². The molecule has 0 spiro atoms. The minimum Gasteiger partial charge on any atom is -0.508 e. The lowest BCUT2D eigenvalue weighted by molar-refractivity contribution is -0.142. The van der Waals surface area contributed by atoms with Gasteiger partial charge in [-0.3, -0.25) is 19.2 Å². The van der Waals surface area contributed by atoms with Crippen molar-refractivity contribution < 1.29 is 34.2 Å². The third-order valence-corrected chi connectivity index (χ3v) is 6.99. The predicted octanol–water partition coefficient (Wildman–Crippen LogP) is 0.335. The smallest absolute Gasteiger partial charge is 0.326 e. The maximum Gasteiger partial charge on any atom is 0.326 e. The first-order valence-corrected chi connectivity index (χ1v) is 15.1. The molecule has 13 heteroatoms. The van der Waals surface area contributed by atoms with Crippen LogP contribution in [0.4, 0.5) is 0 Å². The van der Waals surface area contributed by atoms with Crippen LogP contribution in [0.15, 0.2) is 54.6 Å². The van der Waals surface area contributed by atoms with Crippen LogP contribution in [0.1, 0.15) is 50.7 Å². The van der Waals surface area contributed by atoms with Crippen molar-refractivity contribution in [1.29, 1.82) is 0 Å². The first-order chi connectivity index (χ1) is 21.4. The van der Waals surface area contributed by atoms with Crippen LogP contribution in [0.5, 0.6) is 5.75 Å². The van der Waals surface area contributed by atoms with Crippen LogP contribution >= 0.6 is 0 Å². The maximum atomic E-state index is 13.2. The molecule has 0 radical (unpaired) electrons. The number of aliphatic carboxylic acids is 1. The van der Waals surface area contributed by atoms with Crippen LogP contribution in [0.3, 0.4) is 0 Å². The molecule has 0 fully saturated rings. The van der Waals surface area contributed by atoms with Crippen molar-refractivity contribution in [3.63, 3.8) is 0 Å². The summed E-state index contributed by atoms with van der Waals surface area (Å²) >= 11 is 0. The number of phenolic OH excluding ortho intramolecular Hbond substituents is 1. The van der Waals surface area contributed by atoms with E-state index in [0.717, 1.165) is 11.1 Å². The highest BCUT2D eigenvalue weighted by Crippen LogP contribution is 2.12. The van der Waals surface area contributed by atoms with Gasteiger partial charge in [0.1, 0.15) is 23.9 Å². The van der Waals surface area contributed by atoms with E-state index < -0.39 is 60.3 Å². The molecule has 0 aliphatic heterocycles. The summed E-state index contributed by atoms with van der Waals surface area (Å²) in [6.07, 6.45) is 1.85. The number of benzene rings is 2. The second-order valence-electron chi connectivity index (χ2n) is 11.4. The Hall–Kier alpha value is -4.49. The first kappa shape index (κ1) is 36.7. The Morgan fingerprint density at radius 1 is 0.756 bits per heavy atom. The fourth-order valence-electron chi connectivity index (χ4n) is 4.58. The number of aromatic hydroxyl groups is 1. The number of phenols is 1. The Bertz CT molecular complexity index is 1260. The van der Waals surface area contributed by atoms with E-state index in [1.807, 2.05) is 19.9 Å². The number of hydrogen-bond acceptors (Lipinski definition) is 8. The van der Waals surface area contributed by atoms with Crippen molar-refractivity contribution in [3.05, 3.63) is 65.7 Å². The number of carboxylic acid groups (broad SMARTS) is 1. The highest BCUT2D eigenvalue weighted by Gasteiger charge is 2.28. The molecule has 0 bridgehead atoms. The van der Waals surface area contributed by atoms with Gasteiger partial charge in [0, 0.05) is 6.42 Å². The van der Waals surface area contributed by atoms with Crippen LogP contribution in [-0.4, -0.2) is 77.1 Å². The average Bonchev–Trinajstić information content (AvgIpc) is 3.00. The normalized spacial score (nSPS) is 13.6. The highest BCUT2D eigenvalue weighted by atomic mass is 16.4. The summed E-state index contributed by atoms with van der Waals surface area (Å²) in [4.78, 5) is 63.7. The summed E-state index contributed by atoms with van der Waals surface area (Å²) in [6, 6.07) is 11.1. The van der Waals surface area contributed by atoms with Crippen molar-refractivity contribution in [2.24, 2.45) is 17.4 Å². The highest BCUT2D eigenvalue weighted by molar-refractivity contribution is 5.94. The molecule has 0 aliphatic carbocycles. The number of carbonyl (C=O) groups excluding carboxylic acids is 4. The van der Waals surface area contributed by atoms with E-state index in [2.05, 4.69) is 21.3 Å². The van der Waals surface area contributed by atoms with Gasteiger partial charge in [0.25, 0.3) is 0 Å². The Balaban J connectivity index is 2.07. The minimum absolute atomic E-state index is 0.0126. The maximum absolute atomic E-state index is 13.2. The number of nitrogens with two attached hydrogens (primary N) is 2. The van der Waals surface area contributed by atoms with Gasteiger partial charge in [-0.15, -0.1) is 0 Å². The average molecular weight is 627 g/mol. The molecule has 10 N–H and O–H groups in total. The molecule has 0 heterocycles. The Kier molecular flexibility index (Phi) is 15.5. The lowest BCUT2D eigenvalue weighted by Crippen LogP contribution is -2.55. The first-order valence-electron chi connectivity index (χ1n) is 15.1. The SMILES string of the molecule is CC(C)C[C@H](NC(=O)[C@H](CCCCN)NC(=O)CNC(=O)[C@H](Cc1ccccc1)NC(=O)[C@@H](N)Cc1ccc(O)cc1)C(=O)O. The van der Waals surface area contributed by atoms with Gasteiger partial charge >= 0.3 is 5.97 Å². The molecule has 246 valence electrons. The monoisotopic (exact) mass is 626 g/mol. The van der Waals surface area contributed by atoms with Crippen molar-refractivity contribution >= 4 is 29.6 Å². The van der Waals surface area contributed by atoms with E-state index >= 15 is 0 Å². The number of amides is 4. The van der Waals surface area contributed by atoms with Crippen molar-refractivity contribution in [1.82, 2.24) is 21.3 Å². The molecule has 45 heavy (non-hydrogen) atoms. The lowest BCUT2D eigenvalue weighted by Gasteiger charge is -2.23. The zero-order valence-electron chi connectivity index (χ0n) is 25.8. The molecule has 0 saturated carbocycles. The van der Waals surface area contributed by atoms with Crippen molar-refractivity contribution in [2.75, 3.05) is 13.1 Å². The van der Waals surface area contributed by atoms with Gasteiger partial charge in [-0.1, -0.05) is 56.3 Å². The van der Waals surface area contributed by atoms with Gasteiger partial charge in [-0.2, -0.15) is 0 Å². The van der Waals surface area contributed by atoms with Crippen LogP contribution in [0.2, 0.25) is 0 Å². The fourth-order valence-corrected chi connectivity index (χ4v) is 4.58. The molecule has 2 rings (SSSR count). The molecule has 2 aromatic rings. The van der Waals surface area contributed by atoms with Crippen LogP contribution in [-0.2, 0) is 36.8 Å². The standard InChI is InChI=1S/C32H46N6O7/c1-20(2)16-27(32(44)45)38-31(43)25(10-6-7-15-33)36-28(40)19-35-30(42)26(18-21-8-4-3-5-9-21)37-29(41)24(34)17-22-11-13-23(39)14-12-22/h3-5,8-9,11-14,20,24-27,39H,6-7,10,15-19,33-34H2,1-2H3,(H,35,42)(H,36,40)(H,37,41)(H,38,43)(H,44,45)/t24-,25-,26-,27-/m0/s1. The van der Waals surface area contributed by atoms with Gasteiger partial charge in [-0.25, -0.2) is 4.79 Å². The Labute approximate surface area is 263 Å². The van der Waals surface area contributed by atoms with Crippen molar-refractivity contribution in [2.45, 2.75) is 76.5 Å². The predicted molar refractivity (Wildman–Crippen MR) is 169 cm³/mol. The number of carboxylic acids is 1. The summed E-state index contributed by atoms with van der Waals surface area (Å²) in [7, 11) is 0. The van der Waals surface area contributed by atoms with Crippen LogP contribution in [0, 0.1) is 5.92 Å². The quantitative estimate of drug-likeness (QED) is 0.100. The molecule has 0 unspecified atom stereocenters. The zero-order chi connectivity index (χ0) is 33.4. The van der Waals surface area contributed by atoms with E-state index in [9.17, 15) is 34.2 Å². The molecule has 0 saturated heterocycles. The number of hydrogen-bond donors (Lipinski definition) is 8. The third-order valence-electron chi connectivity index (χ3n) is 6.99. The largest absolute Gasteiger partial charge is 0.508 e. The van der Waals surface area contributed by atoms with Gasteiger partial charge in [-0.05, 0) is 67.8 Å². The van der Waals surface area contributed by atoms with E-state index in [-0.39, 0.29) is 37.4 Å². The molecule has 0 aromatic heterocycles. The number of unbranched alkanes of at least 4 members (excludes halogenated alkanes) is 1. The second kappa shape index (κ2) is 19.0. The summed E-state index contributed by atoms with van der Waals surface area (Å²) in [5.41, 5.74) is 13.2. The molecule has 2 aromatic carbocycles. The zero-order valence-corrected chi connectivity index (χ0v) is 25.8. The number of nitrogens with one attached hydrogen (secondary N) is 4. The summed E-state index contributed by atoms with van der Waals surface area (Å²) in [6.45, 7) is 3.56. The van der Waals surface area contributed by atoms with Crippen molar-refractivity contribution in [3.8, 4) is 5.75 Å². The summed E-state index contributed by atoms with van der Waals surface area (Å²) < 4.78 is 0. The third kappa shape index (κ3) is 13.8. The molecular weight excluding hydrogens is 580 g/mol. The number of carbonyl (C=O) groups is 5. The van der Waals surface area contributed by atoms with Gasteiger partial charge in [0.15, 0.2) is 0 Å². The molecule has 13 nitrogen and oxygen atoms in total.